The second-order valence-corrected chi connectivity index (χ2v) is 6.07. The molecule has 3 nitrogen and oxygen atoms in total. The third-order valence-electron chi connectivity index (χ3n) is 4.13. The number of hydrogen-bond donors (Lipinski definition) is 1. The summed E-state index contributed by atoms with van der Waals surface area (Å²) >= 11 is 0. The standard InChI is InChI=1S/C22H22O3/c1-16-3-10-19(11-4-16)25-20-12-7-17(8-13-20)5-6-18-9-14-21(23)22(15-18)24-2/h3-4,7-15,23H,5-6H2,1-2H3. The molecule has 0 aliphatic heterocycles. The third-order valence-corrected chi connectivity index (χ3v) is 4.13. The van der Waals surface area contributed by atoms with Crippen LogP contribution in [0.1, 0.15) is 16.7 Å². The Balaban J connectivity index is 1.60. The third kappa shape index (κ3) is 4.54. The lowest BCUT2D eigenvalue weighted by atomic mass is 10.0. The highest BCUT2D eigenvalue weighted by molar-refractivity contribution is 5.42. The van der Waals surface area contributed by atoms with Crippen LogP contribution in [-0.2, 0) is 12.8 Å². The van der Waals surface area contributed by atoms with E-state index in [2.05, 4.69) is 19.1 Å². The van der Waals surface area contributed by atoms with Gasteiger partial charge in [0, 0.05) is 0 Å². The number of phenols is 1. The topological polar surface area (TPSA) is 38.7 Å². The Morgan fingerprint density at radius 3 is 1.96 bits per heavy atom. The van der Waals surface area contributed by atoms with Crippen LogP contribution in [0.2, 0.25) is 0 Å². The fourth-order valence-electron chi connectivity index (χ4n) is 2.63. The number of phenolic OH excluding ortho intramolecular Hbond substituents is 1. The first-order valence-corrected chi connectivity index (χ1v) is 8.33. The van der Waals surface area contributed by atoms with Gasteiger partial charge in [0.15, 0.2) is 11.5 Å². The van der Waals surface area contributed by atoms with Crippen molar-refractivity contribution in [3.63, 3.8) is 0 Å². The first-order valence-electron chi connectivity index (χ1n) is 8.33. The second kappa shape index (κ2) is 7.75. The van der Waals surface area contributed by atoms with Gasteiger partial charge < -0.3 is 14.6 Å². The highest BCUT2D eigenvalue weighted by Gasteiger charge is 2.04. The molecule has 0 atom stereocenters. The van der Waals surface area contributed by atoms with E-state index in [0.29, 0.717) is 5.75 Å². The van der Waals surface area contributed by atoms with Crippen molar-refractivity contribution in [2.75, 3.05) is 7.11 Å². The molecule has 0 saturated heterocycles. The van der Waals surface area contributed by atoms with Crippen LogP contribution in [0.5, 0.6) is 23.0 Å². The van der Waals surface area contributed by atoms with E-state index in [4.69, 9.17) is 9.47 Å². The van der Waals surface area contributed by atoms with Gasteiger partial charge in [-0.05, 0) is 67.3 Å². The van der Waals surface area contributed by atoms with Crippen molar-refractivity contribution in [2.24, 2.45) is 0 Å². The summed E-state index contributed by atoms with van der Waals surface area (Å²) in [6.45, 7) is 2.06. The van der Waals surface area contributed by atoms with Gasteiger partial charge in [-0.3, -0.25) is 0 Å². The molecule has 1 N–H and O–H groups in total. The number of aryl methyl sites for hydroxylation is 3. The Kier molecular flexibility index (Phi) is 5.24. The second-order valence-electron chi connectivity index (χ2n) is 6.07. The van der Waals surface area contributed by atoms with Crippen molar-refractivity contribution in [1.29, 1.82) is 0 Å². The molecule has 0 saturated carbocycles. The summed E-state index contributed by atoms with van der Waals surface area (Å²) in [5, 5.41) is 9.65. The maximum atomic E-state index is 9.65. The lowest BCUT2D eigenvalue weighted by Gasteiger charge is -2.08. The molecule has 3 aromatic rings. The van der Waals surface area contributed by atoms with Crippen LogP contribution in [0.3, 0.4) is 0 Å². The summed E-state index contributed by atoms with van der Waals surface area (Å²) in [6, 6.07) is 21.7. The first-order chi connectivity index (χ1) is 12.1. The smallest absolute Gasteiger partial charge is 0.160 e. The highest BCUT2D eigenvalue weighted by Crippen LogP contribution is 2.27. The van der Waals surface area contributed by atoms with Crippen LogP contribution >= 0.6 is 0 Å². The maximum Gasteiger partial charge on any atom is 0.160 e. The molecule has 0 aromatic heterocycles. The molecule has 0 radical (unpaired) electrons. The zero-order valence-electron chi connectivity index (χ0n) is 14.5. The molecular weight excluding hydrogens is 312 g/mol. The summed E-state index contributed by atoms with van der Waals surface area (Å²) in [4.78, 5) is 0. The molecule has 25 heavy (non-hydrogen) atoms. The van der Waals surface area contributed by atoms with Crippen molar-refractivity contribution in [2.45, 2.75) is 19.8 Å². The summed E-state index contributed by atoms with van der Waals surface area (Å²) in [6.07, 6.45) is 1.80. The fourth-order valence-corrected chi connectivity index (χ4v) is 2.63. The van der Waals surface area contributed by atoms with E-state index in [0.717, 1.165) is 29.9 Å². The molecule has 128 valence electrons. The Morgan fingerprint density at radius 2 is 1.32 bits per heavy atom. The SMILES string of the molecule is COc1cc(CCc2ccc(Oc3ccc(C)cc3)cc2)ccc1O. The van der Waals surface area contributed by atoms with Crippen molar-refractivity contribution in [3.8, 4) is 23.0 Å². The Labute approximate surface area is 148 Å². The van der Waals surface area contributed by atoms with Crippen LogP contribution in [0.15, 0.2) is 66.7 Å². The van der Waals surface area contributed by atoms with Crippen LogP contribution in [0, 0.1) is 6.92 Å². The van der Waals surface area contributed by atoms with Gasteiger partial charge in [-0.1, -0.05) is 35.9 Å². The van der Waals surface area contributed by atoms with Gasteiger partial charge in [-0.15, -0.1) is 0 Å². The average Bonchev–Trinajstić information content (AvgIpc) is 2.64. The fraction of sp³-hybridized carbons (Fsp3) is 0.182. The number of ether oxygens (including phenoxy) is 2. The average molecular weight is 334 g/mol. The lowest BCUT2D eigenvalue weighted by molar-refractivity contribution is 0.373. The maximum absolute atomic E-state index is 9.65. The molecule has 0 unspecified atom stereocenters. The molecule has 3 heteroatoms. The molecule has 0 bridgehead atoms. The zero-order valence-corrected chi connectivity index (χ0v) is 14.5. The lowest BCUT2D eigenvalue weighted by Crippen LogP contribution is -1.93. The minimum Gasteiger partial charge on any atom is -0.504 e. The summed E-state index contributed by atoms with van der Waals surface area (Å²) in [7, 11) is 1.56. The molecule has 0 spiro atoms. The summed E-state index contributed by atoms with van der Waals surface area (Å²) < 4.78 is 11.0. The summed E-state index contributed by atoms with van der Waals surface area (Å²) in [5.74, 6) is 2.36. The minimum atomic E-state index is 0.170. The normalized spacial score (nSPS) is 10.5. The monoisotopic (exact) mass is 334 g/mol. The molecule has 0 aliphatic rings. The van der Waals surface area contributed by atoms with Gasteiger partial charge >= 0.3 is 0 Å². The molecule has 0 heterocycles. The number of hydrogen-bond acceptors (Lipinski definition) is 3. The Bertz CT molecular complexity index is 821. The first kappa shape index (κ1) is 16.9. The van der Waals surface area contributed by atoms with Gasteiger partial charge in [0.2, 0.25) is 0 Å². The molecule has 3 rings (SSSR count). The van der Waals surface area contributed by atoms with Gasteiger partial charge in [-0.25, -0.2) is 0 Å². The predicted molar refractivity (Wildman–Crippen MR) is 99.8 cm³/mol. The van der Waals surface area contributed by atoms with Crippen molar-refractivity contribution < 1.29 is 14.6 Å². The van der Waals surface area contributed by atoms with E-state index in [1.54, 1.807) is 13.2 Å². The van der Waals surface area contributed by atoms with Crippen LogP contribution in [0.4, 0.5) is 0 Å². The van der Waals surface area contributed by atoms with Crippen molar-refractivity contribution in [1.82, 2.24) is 0 Å². The minimum absolute atomic E-state index is 0.170. The zero-order chi connectivity index (χ0) is 17.6. The van der Waals surface area contributed by atoms with E-state index < -0.39 is 0 Å². The molecule has 0 aliphatic carbocycles. The molecule has 3 aromatic carbocycles. The van der Waals surface area contributed by atoms with Crippen LogP contribution in [-0.4, -0.2) is 12.2 Å². The van der Waals surface area contributed by atoms with Gasteiger partial charge in [0.25, 0.3) is 0 Å². The van der Waals surface area contributed by atoms with Gasteiger partial charge in [0.05, 0.1) is 7.11 Å². The van der Waals surface area contributed by atoms with E-state index >= 15 is 0 Å². The van der Waals surface area contributed by atoms with E-state index in [1.807, 2.05) is 48.5 Å². The van der Waals surface area contributed by atoms with Crippen molar-refractivity contribution in [3.05, 3.63) is 83.4 Å². The highest BCUT2D eigenvalue weighted by atomic mass is 16.5. The largest absolute Gasteiger partial charge is 0.504 e. The van der Waals surface area contributed by atoms with E-state index in [9.17, 15) is 5.11 Å². The Morgan fingerprint density at radius 1 is 0.760 bits per heavy atom. The van der Waals surface area contributed by atoms with E-state index in [1.165, 1.54) is 11.1 Å². The van der Waals surface area contributed by atoms with Gasteiger partial charge in [-0.2, -0.15) is 0 Å². The quantitative estimate of drug-likeness (QED) is 0.666. The molecule has 0 fully saturated rings. The number of aromatic hydroxyl groups is 1. The van der Waals surface area contributed by atoms with Gasteiger partial charge in [0.1, 0.15) is 11.5 Å². The van der Waals surface area contributed by atoms with Crippen molar-refractivity contribution >= 4 is 0 Å². The van der Waals surface area contributed by atoms with E-state index in [-0.39, 0.29) is 5.75 Å². The summed E-state index contributed by atoms with van der Waals surface area (Å²) in [5.41, 5.74) is 3.59. The molecule has 0 amide bonds. The number of benzene rings is 3. The Hall–Kier alpha value is -2.94. The number of methoxy groups -OCH3 is 1. The predicted octanol–water partition coefficient (Wildman–Crippen LogP) is 5.29. The van der Waals surface area contributed by atoms with Crippen LogP contribution < -0.4 is 9.47 Å². The van der Waals surface area contributed by atoms with Crippen LogP contribution in [0.25, 0.3) is 0 Å². The molecular formula is C22H22O3. The number of rotatable bonds is 6.